The predicted molar refractivity (Wildman–Crippen MR) is 79.7 cm³/mol. The first-order valence-electron chi connectivity index (χ1n) is 6.77. The van der Waals surface area contributed by atoms with Crippen LogP contribution in [0.25, 0.3) is 11.0 Å². The molecule has 1 saturated heterocycles. The van der Waals surface area contributed by atoms with E-state index in [4.69, 9.17) is 0 Å². The van der Waals surface area contributed by atoms with Crippen LogP contribution >= 0.6 is 0 Å². The molecule has 3 rings (SSSR count). The molecular formula is C14H17N3O3S. The fourth-order valence-corrected chi connectivity index (χ4v) is 3.46. The van der Waals surface area contributed by atoms with Crippen molar-refractivity contribution in [3.05, 3.63) is 30.6 Å². The number of rotatable bonds is 3. The van der Waals surface area contributed by atoms with Crippen LogP contribution in [0.3, 0.4) is 0 Å². The predicted octanol–water partition coefficient (Wildman–Crippen LogP) is 0.853. The Morgan fingerprint density at radius 2 is 2.00 bits per heavy atom. The van der Waals surface area contributed by atoms with E-state index in [1.807, 2.05) is 35.8 Å². The number of carbonyl (C=O) groups is 1. The first kappa shape index (κ1) is 14.1. The molecule has 0 spiro atoms. The lowest BCUT2D eigenvalue weighted by molar-refractivity contribution is -0.137. The third kappa shape index (κ3) is 2.42. The highest BCUT2D eigenvalue weighted by molar-refractivity contribution is 7.91. The first-order chi connectivity index (χ1) is 9.88. The molecule has 0 N–H and O–H groups in total. The van der Waals surface area contributed by atoms with E-state index >= 15 is 0 Å². The number of nitrogens with zero attached hydrogens (tertiary/aromatic N) is 3. The average Bonchev–Trinajstić information content (AvgIpc) is 2.78. The second-order valence-electron chi connectivity index (χ2n) is 5.51. The van der Waals surface area contributed by atoms with Crippen LogP contribution in [0.2, 0.25) is 0 Å². The summed E-state index contributed by atoms with van der Waals surface area (Å²) < 4.78 is 24.6. The van der Waals surface area contributed by atoms with Crippen LogP contribution in [0.4, 0.5) is 0 Å². The summed E-state index contributed by atoms with van der Waals surface area (Å²) in [5.41, 5.74) is 1.74. The number of sulfone groups is 1. The molecule has 0 saturated carbocycles. The molecular weight excluding hydrogens is 290 g/mol. The molecule has 1 aromatic carbocycles. The number of likely N-dealkylation sites (tertiary alicyclic amines) is 1. The van der Waals surface area contributed by atoms with E-state index in [-0.39, 0.29) is 19.0 Å². The molecule has 2 aromatic rings. The van der Waals surface area contributed by atoms with Gasteiger partial charge in [0.05, 0.1) is 22.6 Å². The van der Waals surface area contributed by atoms with Gasteiger partial charge >= 0.3 is 0 Å². The molecule has 112 valence electrons. The number of aromatic nitrogens is 2. The minimum Gasteiger partial charge on any atom is -0.338 e. The summed E-state index contributed by atoms with van der Waals surface area (Å²) in [6.45, 7) is 2.38. The minimum atomic E-state index is -3.06. The van der Waals surface area contributed by atoms with E-state index in [1.165, 1.54) is 6.26 Å². The highest BCUT2D eigenvalue weighted by Gasteiger charge is 2.39. The van der Waals surface area contributed by atoms with Gasteiger partial charge in [0.2, 0.25) is 5.91 Å². The Balaban J connectivity index is 1.77. The summed E-state index contributed by atoms with van der Waals surface area (Å²) in [6, 6.07) is 7.23. The van der Waals surface area contributed by atoms with Crippen molar-refractivity contribution in [2.24, 2.45) is 0 Å². The summed E-state index contributed by atoms with van der Waals surface area (Å²) in [4.78, 5) is 18.3. The molecule has 1 aliphatic rings. The Kier molecular flexibility index (Phi) is 3.24. The molecule has 2 heterocycles. The first-order valence-corrected chi connectivity index (χ1v) is 8.72. The standard InChI is InChI=1S/C14H17N3O3S/c1-10(14(18)16-7-11(8-16)21(2,19)20)17-9-15-12-5-3-4-6-13(12)17/h3-6,9-11H,7-8H2,1-2H3. The van der Waals surface area contributed by atoms with E-state index in [0.717, 1.165) is 11.0 Å². The van der Waals surface area contributed by atoms with Crippen molar-refractivity contribution in [2.45, 2.75) is 18.2 Å². The maximum absolute atomic E-state index is 12.4. The van der Waals surface area contributed by atoms with Crippen LogP contribution < -0.4 is 0 Å². The van der Waals surface area contributed by atoms with Gasteiger partial charge in [0.15, 0.2) is 9.84 Å². The summed E-state index contributed by atoms with van der Waals surface area (Å²) >= 11 is 0. The molecule has 1 aliphatic heterocycles. The second-order valence-corrected chi connectivity index (χ2v) is 7.84. The van der Waals surface area contributed by atoms with Crippen molar-refractivity contribution in [3.8, 4) is 0 Å². The zero-order valence-corrected chi connectivity index (χ0v) is 12.7. The van der Waals surface area contributed by atoms with Gasteiger partial charge in [-0.1, -0.05) is 12.1 Å². The van der Waals surface area contributed by atoms with Crippen molar-refractivity contribution in [1.82, 2.24) is 14.5 Å². The lowest BCUT2D eigenvalue weighted by Gasteiger charge is -2.39. The van der Waals surface area contributed by atoms with E-state index in [9.17, 15) is 13.2 Å². The summed E-state index contributed by atoms with van der Waals surface area (Å²) in [7, 11) is -3.06. The second kappa shape index (κ2) is 4.84. The molecule has 6 nitrogen and oxygen atoms in total. The van der Waals surface area contributed by atoms with Gasteiger partial charge in [-0.25, -0.2) is 13.4 Å². The fourth-order valence-electron chi connectivity index (χ4n) is 2.56. The van der Waals surface area contributed by atoms with Crippen LogP contribution in [-0.4, -0.2) is 53.4 Å². The number of hydrogen-bond donors (Lipinski definition) is 0. The number of amides is 1. The van der Waals surface area contributed by atoms with Crippen LogP contribution in [-0.2, 0) is 14.6 Å². The fraction of sp³-hybridized carbons (Fsp3) is 0.429. The summed E-state index contributed by atoms with van der Waals surface area (Å²) in [5, 5.41) is -0.423. The molecule has 1 aromatic heterocycles. The van der Waals surface area contributed by atoms with Crippen LogP contribution in [0.15, 0.2) is 30.6 Å². The third-order valence-electron chi connectivity index (χ3n) is 4.02. The van der Waals surface area contributed by atoms with Crippen LogP contribution in [0, 0.1) is 0 Å². The molecule has 0 aliphatic carbocycles. The van der Waals surface area contributed by atoms with Gasteiger partial charge in [0, 0.05) is 19.3 Å². The Morgan fingerprint density at radius 1 is 1.33 bits per heavy atom. The van der Waals surface area contributed by atoms with Gasteiger partial charge in [-0.05, 0) is 19.1 Å². The zero-order chi connectivity index (χ0) is 15.2. The van der Waals surface area contributed by atoms with E-state index in [0.29, 0.717) is 0 Å². The Hall–Kier alpha value is -1.89. The summed E-state index contributed by atoms with van der Waals surface area (Å²) in [6.07, 6.45) is 2.87. The van der Waals surface area contributed by atoms with Crippen LogP contribution in [0.1, 0.15) is 13.0 Å². The van der Waals surface area contributed by atoms with Gasteiger partial charge in [-0.2, -0.15) is 0 Å². The number of carbonyl (C=O) groups excluding carboxylic acids is 1. The molecule has 1 fully saturated rings. The normalized spacial score (nSPS) is 17.7. The Bertz CT molecular complexity index is 791. The Labute approximate surface area is 123 Å². The van der Waals surface area contributed by atoms with E-state index in [2.05, 4.69) is 4.98 Å². The van der Waals surface area contributed by atoms with Crippen molar-refractivity contribution < 1.29 is 13.2 Å². The summed E-state index contributed by atoms with van der Waals surface area (Å²) in [5.74, 6) is -0.0712. The zero-order valence-electron chi connectivity index (χ0n) is 11.9. The average molecular weight is 307 g/mol. The largest absolute Gasteiger partial charge is 0.338 e. The van der Waals surface area contributed by atoms with Gasteiger partial charge < -0.3 is 9.47 Å². The lowest BCUT2D eigenvalue weighted by Crippen LogP contribution is -2.57. The monoisotopic (exact) mass is 307 g/mol. The topological polar surface area (TPSA) is 72.3 Å². The smallest absolute Gasteiger partial charge is 0.245 e. The lowest BCUT2D eigenvalue weighted by atomic mass is 10.1. The number of para-hydroxylation sites is 2. The minimum absolute atomic E-state index is 0.0712. The number of fused-ring (bicyclic) bond motifs is 1. The number of hydrogen-bond acceptors (Lipinski definition) is 4. The van der Waals surface area contributed by atoms with Crippen molar-refractivity contribution in [1.29, 1.82) is 0 Å². The molecule has 1 unspecified atom stereocenters. The van der Waals surface area contributed by atoms with Crippen molar-refractivity contribution in [3.63, 3.8) is 0 Å². The number of imidazole rings is 1. The van der Waals surface area contributed by atoms with Gasteiger partial charge in [0.25, 0.3) is 0 Å². The molecule has 1 atom stereocenters. The van der Waals surface area contributed by atoms with Gasteiger partial charge in [0.1, 0.15) is 6.04 Å². The highest BCUT2D eigenvalue weighted by Crippen LogP contribution is 2.23. The third-order valence-corrected chi connectivity index (χ3v) is 5.53. The number of benzene rings is 1. The highest BCUT2D eigenvalue weighted by atomic mass is 32.2. The molecule has 0 bridgehead atoms. The molecule has 0 radical (unpaired) electrons. The van der Waals surface area contributed by atoms with Crippen molar-refractivity contribution >= 4 is 26.8 Å². The molecule has 1 amide bonds. The van der Waals surface area contributed by atoms with Gasteiger partial charge in [-0.3, -0.25) is 4.79 Å². The van der Waals surface area contributed by atoms with E-state index < -0.39 is 21.1 Å². The molecule has 21 heavy (non-hydrogen) atoms. The van der Waals surface area contributed by atoms with E-state index in [1.54, 1.807) is 11.2 Å². The molecule has 7 heteroatoms. The quantitative estimate of drug-likeness (QED) is 0.843. The van der Waals surface area contributed by atoms with Gasteiger partial charge in [-0.15, -0.1) is 0 Å². The van der Waals surface area contributed by atoms with Crippen molar-refractivity contribution in [2.75, 3.05) is 19.3 Å². The SMILES string of the molecule is CC(C(=O)N1CC(S(C)(=O)=O)C1)n1cnc2ccccc21. The maximum Gasteiger partial charge on any atom is 0.245 e. The Morgan fingerprint density at radius 3 is 2.67 bits per heavy atom. The maximum atomic E-state index is 12.4. The van der Waals surface area contributed by atoms with Crippen LogP contribution in [0.5, 0.6) is 0 Å².